The van der Waals surface area contributed by atoms with Crippen LogP contribution < -0.4 is 0 Å². The van der Waals surface area contributed by atoms with Gasteiger partial charge in [-0.3, -0.25) is 9.69 Å². The largest absolute Gasteiger partial charge is 0.480 e. The quantitative estimate of drug-likeness (QED) is 0.851. The number of hydrogen-bond acceptors (Lipinski definition) is 2. The highest BCUT2D eigenvalue weighted by atomic mass is 19.1. The predicted molar refractivity (Wildman–Crippen MR) is 64.2 cm³/mol. The van der Waals surface area contributed by atoms with Gasteiger partial charge in [0.05, 0.1) is 0 Å². The Morgan fingerprint density at radius 3 is 2.28 bits per heavy atom. The Hall–Kier alpha value is -1.49. The molecule has 0 radical (unpaired) electrons. The molecule has 100 valence electrons. The summed E-state index contributed by atoms with van der Waals surface area (Å²) in [5.41, 5.74) is -0.0842. The highest BCUT2D eigenvalue weighted by molar-refractivity contribution is 5.73. The summed E-state index contributed by atoms with van der Waals surface area (Å²) < 4.78 is 27.0. The first-order chi connectivity index (χ1) is 8.51. The topological polar surface area (TPSA) is 40.5 Å². The SMILES string of the molecule is CC[C@@H](C(=O)O)N(CC)Cc1c(F)cccc1F. The van der Waals surface area contributed by atoms with Gasteiger partial charge in [-0.05, 0) is 25.1 Å². The Morgan fingerprint density at radius 1 is 1.33 bits per heavy atom. The monoisotopic (exact) mass is 257 g/mol. The van der Waals surface area contributed by atoms with Crippen molar-refractivity contribution in [1.82, 2.24) is 4.90 Å². The molecule has 0 aliphatic rings. The van der Waals surface area contributed by atoms with Gasteiger partial charge in [0.1, 0.15) is 17.7 Å². The van der Waals surface area contributed by atoms with Gasteiger partial charge in [-0.15, -0.1) is 0 Å². The third-order valence-corrected chi connectivity index (χ3v) is 2.94. The van der Waals surface area contributed by atoms with Gasteiger partial charge < -0.3 is 5.11 Å². The molecule has 3 nitrogen and oxygen atoms in total. The van der Waals surface area contributed by atoms with Gasteiger partial charge in [0.25, 0.3) is 0 Å². The summed E-state index contributed by atoms with van der Waals surface area (Å²) in [6.07, 6.45) is 0.388. The molecule has 0 saturated carbocycles. The number of halogens is 2. The average Bonchev–Trinajstić information content (AvgIpc) is 2.32. The van der Waals surface area contributed by atoms with E-state index in [1.807, 2.05) is 0 Å². The fourth-order valence-electron chi connectivity index (χ4n) is 1.92. The molecule has 0 aliphatic carbocycles. The van der Waals surface area contributed by atoms with Crippen molar-refractivity contribution in [1.29, 1.82) is 0 Å². The predicted octanol–water partition coefficient (Wildman–Crippen LogP) is 2.65. The molecule has 0 unspecified atom stereocenters. The van der Waals surface area contributed by atoms with Crippen molar-refractivity contribution in [2.45, 2.75) is 32.9 Å². The van der Waals surface area contributed by atoms with Crippen molar-refractivity contribution in [2.75, 3.05) is 6.54 Å². The van der Waals surface area contributed by atoms with E-state index in [2.05, 4.69) is 0 Å². The highest BCUT2D eigenvalue weighted by Crippen LogP contribution is 2.17. The highest BCUT2D eigenvalue weighted by Gasteiger charge is 2.24. The third kappa shape index (κ3) is 3.26. The lowest BCUT2D eigenvalue weighted by atomic mass is 10.1. The van der Waals surface area contributed by atoms with Crippen LogP contribution in [0.5, 0.6) is 0 Å². The molecule has 0 fully saturated rings. The van der Waals surface area contributed by atoms with E-state index >= 15 is 0 Å². The van der Waals surface area contributed by atoms with Crippen molar-refractivity contribution in [3.63, 3.8) is 0 Å². The molecular formula is C13H17F2NO2. The maximum absolute atomic E-state index is 13.5. The number of carboxylic acids is 1. The average molecular weight is 257 g/mol. The van der Waals surface area contributed by atoms with Gasteiger partial charge in [-0.1, -0.05) is 19.9 Å². The molecule has 0 aliphatic heterocycles. The molecule has 1 rings (SSSR count). The number of hydrogen-bond donors (Lipinski definition) is 1. The number of carboxylic acid groups (broad SMARTS) is 1. The molecule has 0 bridgehead atoms. The van der Waals surface area contributed by atoms with Gasteiger partial charge in [-0.25, -0.2) is 8.78 Å². The van der Waals surface area contributed by atoms with Crippen LogP contribution in [-0.2, 0) is 11.3 Å². The summed E-state index contributed by atoms with van der Waals surface area (Å²) in [5.74, 6) is -2.27. The van der Waals surface area contributed by atoms with E-state index in [9.17, 15) is 13.6 Å². The van der Waals surface area contributed by atoms with E-state index in [0.717, 1.165) is 0 Å². The van der Waals surface area contributed by atoms with E-state index in [0.29, 0.717) is 13.0 Å². The lowest BCUT2D eigenvalue weighted by molar-refractivity contribution is -0.143. The molecule has 0 heterocycles. The minimum absolute atomic E-state index is 0.0419. The lowest BCUT2D eigenvalue weighted by Gasteiger charge is -2.27. The Balaban J connectivity index is 2.95. The molecule has 0 spiro atoms. The number of rotatable bonds is 6. The molecule has 5 heteroatoms. The lowest BCUT2D eigenvalue weighted by Crippen LogP contribution is -2.40. The van der Waals surface area contributed by atoms with Crippen molar-refractivity contribution in [3.05, 3.63) is 35.4 Å². The minimum Gasteiger partial charge on any atom is -0.480 e. The first kappa shape index (κ1) is 14.6. The molecule has 1 atom stereocenters. The summed E-state index contributed by atoms with van der Waals surface area (Å²) in [5, 5.41) is 9.06. The summed E-state index contributed by atoms with van der Waals surface area (Å²) in [6.45, 7) is 3.88. The van der Waals surface area contributed by atoms with Crippen LogP contribution in [0.3, 0.4) is 0 Å². The van der Waals surface area contributed by atoms with E-state index < -0.39 is 23.6 Å². The fraction of sp³-hybridized carbons (Fsp3) is 0.462. The van der Waals surface area contributed by atoms with Crippen LogP contribution in [0.2, 0.25) is 0 Å². The maximum Gasteiger partial charge on any atom is 0.320 e. The second-order valence-electron chi connectivity index (χ2n) is 4.03. The summed E-state index contributed by atoms with van der Waals surface area (Å²) >= 11 is 0. The zero-order chi connectivity index (χ0) is 13.7. The fourth-order valence-corrected chi connectivity index (χ4v) is 1.92. The number of aliphatic carboxylic acids is 1. The standard InChI is InChI=1S/C13H17F2NO2/c1-3-12(13(17)18)16(4-2)8-9-10(14)6-5-7-11(9)15/h5-7,12H,3-4,8H2,1-2H3,(H,17,18)/t12-/m0/s1. The first-order valence-electron chi connectivity index (χ1n) is 5.91. The van der Waals surface area contributed by atoms with Crippen LogP contribution >= 0.6 is 0 Å². The molecule has 1 aromatic carbocycles. The first-order valence-corrected chi connectivity index (χ1v) is 5.91. The van der Waals surface area contributed by atoms with Gasteiger partial charge in [-0.2, -0.15) is 0 Å². The Kier molecular flexibility index (Phi) is 5.22. The summed E-state index contributed by atoms with van der Waals surface area (Å²) in [7, 11) is 0. The van der Waals surface area contributed by atoms with Crippen LogP contribution in [0.15, 0.2) is 18.2 Å². The Labute approximate surface area is 105 Å². The van der Waals surface area contributed by atoms with Crippen molar-refractivity contribution >= 4 is 5.97 Å². The Bertz CT molecular complexity index is 403. The molecule has 1 aromatic rings. The normalized spacial score (nSPS) is 12.7. The van der Waals surface area contributed by atoms with Crippen LogP contribution in [0.4, 0.5) is 8.78 Å². The molecule has 0 amide bonds. The number of likely N-dealkylation sites (N-methyl/N-ethyl adjacent to an activating group) is 1. The smallest absolute Gasteiger partial charge is 0.320 e. The molecular weight excluding hydrogens is 240 g/mol. The van der Waals surface area contributed by atoms with Crippen molar-refractivity contribution < 1.29 is 18.7 Å². The molecule has 0 aromatic heterocycles. The zero-order valence-corrected chi connectivity index (χ0v) is 10.5. The minimum atomic E-state index is -0.976. The number of carbonyl (C=O) groups is 1. The van der Waals surface area contributed by atoms with Crippen LogP contribution in [0.25, 0.3) is 0 Å². The number of nitrogens with zero attached hydrogens (tertiary/aromatic N) is 1. The van der Waals surface area contributed by atoms with Crippen LogP contribution in [0.1, 0.15) is 25.8 Å². The van der Waals surface area contributed by atoms with E-state index in [1.54, 1.807) is 18.7 Å². The zero-order valence-electron chi connectivity index (χ0n) is 10.5. The molecule has 0 saturated heterocycles. The summed E-state index contributed by atoms with van der Waals surface area (Å²) in [4.78, 5) is 12.6. The number of benzene rings is 1. The van der Waals surface area contributed by atoms with Crippen LogP contribution in [0, 0.1) is 11.6 Å². The Morgan fingerprint density at radius 2 is 1.89 bits per heavy atom. The molecule has 1 N–H and O–H groups in total. The van der Waals surface area contributed by atoms with Gasteiger partial charge in [0.2, 0.25) is 0 Å². The van der Waals surface area contributed by atoms with Crippen LogP contribution in [-0.4, -0.2) is 28.6 Å². The molecule has 18 heavy (non-hydrogen) atoms. The van der Waals surface area contributed by atoms with Crippen molar-refractivity contribution in [2.24, 2.45) is 0 Å². The van der Waals surface area contributed by atoms with Crippen molar-refractivity contribution in [3.8, 4) is 0 Å². The van der Waals surface area contributed by atoms with E-state index in [4.69, 9.17) is 5.11 Å². The van der Waals surface area contributed by atoms with Gasteiger partial charge in [0, 0.05) is 12.1 Å². The second kappa shape index (κ2) is 6.44. The van der Waals surface area contributed by atoms with Gasteiger partial charge in [0.15, 0.2) is 0 Å². The van der Waals surface area contributed by atoms with Gasteiger partial charge >= 0.3 is 5.97 Å². The second-order valence-corrected chi connectivity index (χ2v) is 4.03. The maximum atomic E-state index is 13.5. The van der Waals surface area contributed by atoms with E-state index in [1.165, 1.54) is 18.2 Å². The third-order valence-electron chi connectivity index (χ3n) is 2.94. The summed E-state index contributed by atoms with van der Waals surface area (Å²) in [6, 6.07) is 2.91. The van der Waals surface area contributed by atoms with E-state index in [-0.39, 0.29) is 12.1 Å².